The van der Waals surface area contributed by atoms with Crippen molar-refractivity contribution in [2.75, 3.05) is 6.61 Å². The number of fused-ring (bicyclic) bond motifs is 3. The second kappa shape index (κ2) is 4.84. The molecule has 23 heavy (non-hydrogen) atoms. The van der Waals surface area contributed by atoms with Crippen molar-refractivity contribution in [2.45, 2.75) is 43.3 Å². The van der Waals surface area contributed by atoms with Gasteiger partial charge >= 0.3 is 0 Å². The quantitative estimate of drug-likeness (QED) is 0.645. The molecule has 0 radical (unpaired) electrons. The second-order valence-electron chi connectivity index (χ2n) is 6.49. The van der Waals surface area contributed by atoms with E-state index < -0.39 is 29.3 Å². The van der Waals surface area contributed by atoms with E-state index in [0.717, 1.165) is 0 Å². The minimum atomic E-state index is -1.42. The molecule has 5 atom stereocenters. The van der Waals surface area contributed by atoms with E-state index in [9.17, 15) is 15.3 Å². The first-order chi connectivity index (χ1) is 10.9. The third kappa shape index (κ3) is 1.96. The fourth-order valence-corrected chi connectivity index (χ4v) is 4.13. The van der Waals surface area contributed by atoms with Gasteiger partial charge in [0.05, 0.1) is 18.5 Å². The molecule has 8 nitrogen and oxygen atoms in total. The maximum atomic E-state index is 10.9. The Balaban J connectivity index is 1.76. The number of hydrogen-bond donors (Lipinski definition) is 3. The van der Waals surface area contributed by atoms with E-state index in [1.807, 2.05) is 0 Å². The Kier molecular flexibility index (Phi) is 3.20. The normalized spacial score (nSPS) is 40.0. The lowest BCUT2D eigenvalue weighted by atomic mass is 9.81. The molecule has 2 aliphatic rings. The van der Waals surface area contributed by atoms with Gasteiger partial charge in [0, 0.05) is 18.9 Å². The van der Waals surface area contributed by atoms with Crippen molar-refractivity contribution < 1.29 is 20.1 Å². The molecule has 1 saturated carbocycles. The first-order valence-corrected chi connectivity index (χ1v) is 7.79. The van der Waals surface area contributed by atoms with E-state index in [-0.39, 0.29) is 18.1 Å². The summed E-state index contributed by atoms with van der Waals surface area (Å²) >= 11 is 6.00. The van der Waals surface area contributed by atoms with Gasteiger partial charge in [-0.25, -0.2) is 15.0 Å². The monoisotopic (exact) mass is 340 g/mol. The first kappa shape index (κ1) is 15.2. The largest absolute Gasteiger partial charge is 0.387 e. The maximum absolute atomic E-state index is 10.9. The number of halogens is 1. The zero-order valence-electron chi connectivity index (χ0n) is 12.4. The molecule has 1 aliphatic heterocycles. The molecule has 3 N–H and O–H groups in total. The zero-order chi connectivity index (χ0) is 16.4. The molecule has 2 fully saturated rings. The highest BCUT2D eigenvalue weighted by atomic mass is 35.5. The Morgan fingerprint density at radius 2 is 2.17 bits per heavy atom. The summed E-state index contributed by atoms with van der Waals surface area (Å²) in [6, 6.07) is 0. The molecular formula is C14H17ClN4O4. The van der Waals surface area contributed by atoms with Crippen LogP contribution in [-0.4, -0.2) is 64.9 Å². The number of nitrogens with zero attached hydrogens (tertiary/aromatic N) is 4. The van der Waals surface area contributed by atoms with Crippen LogP contribution in [0.15, 0.2) is 12.7 Å². The molecule has 2 aromatic heterocycles. The summed E-state index contributed by atoms with van der Waals surface area (Å²) in [5.74, 6) is -0.636. The molecule has 9 heteroatoms. The Morgan fingerprint density at radius 1 is 1.39 bits per heavy atom. The lowest BCUT2D eigenvalue weighted by Gasteiger charge is -2.36. The van der Waals surface area contributed by atoms with Crippen LogP contribution in [0.3, 0.4) is 0 Å². The summed E-state index contributed by atoms with van der Waals surface area (Å²) in [6.45, 7) is 2.10. The predicted molar refractivity (Wildman–Crippen MR) is 79.8 cm³/mol. The number of imidazole rings is 1. The smallest absolute Gasteiger partial charge is 0.164 e. The molecule has 1 aliphatic carbocycles. The van der Waals surface area contributed by atoms with Crippen molar-refractivity contribution in [1.29, 1.82) is 0 Å². The number of rotatable bonds is 2. The van der Waals surface area contributed by atoms with Gasteiger partial charge in [-0.1, -0.05) is 11.6 Å². The van der Waals surface area contributed by atoms with Crippen molar-refractivity contribution in [3.8, 4) is 0 Å². The summed E-state index contributed by atoms with van der Waals surface area (Å²) in [7, 11) is 0. The van der Waals surface area contributed by atoms with E-state index >= 15 is 0 Å². The van der Waals surface area contributed by atoms with E-state index in [1.165, 1.54) is 6.33 Å². The first-order valence-electron chi connectivity index (χ1n) is 7.41. The molecule has 4 rings (SSSR count). The Morgan fingerprint density at radius 3 is 2.91 bits per heavy atom. The minimum absolute atomic E-state index is 0.226. The lowest BCUT2D eigenvalue weighted by Crippen LogP contribution is -2.51. The average molecular weight is 341 g/mol. The minimum Gasteiger partial charge on any atom is -0.387 e. The Labute approximate surface area is 136 Å². The van der Waals surface area contributed by atoms with Gasteiger partial charge in [0.25, 0.3) is 0 Å². The van der Waals surface area contributed by atoms with Crippen LogP contribution in [0.2, 0.25) is 5.15 Å². The van der Waals surface area contributed by atoms with Gasteiger partial charge in [-0.05, 0) is 6.92 Å². The third-order valence-electron chi connectivity index (χ3n) is 5.22. The molecular weight excluding hydrogens is 324 g/mol. The van der Waals surface area contributed by atoms with Crippen molar-refractivity contribution in [2.24, 2.45) is 5.92 Å². The lowest BCUT2D eigenvalue weighted by molar-refractivity contribution is -0.170. The van der Waals surface area contributed by atoms with Gasteiger partial charge in [0.2, 0.25) is 0 Å². The van der Waals surface area contributed by atoms with Gasteiger partial charge in [-0.15, -0.1) is 0 Å². The Hall–Kier alpha value is -1.32. The topological polar surface area (TPSA) is 114 Å². The molecule has 124 valence electrons. The van der Waals surface area contributed by atoms with Crippen LogP contribution in [0.1, 0.15) is 13.3 Å². The average Bonchev–Trinajstić information content (AvgIpc) is 2.93. The molecule has 0 spiro atoms. The highest BCUT2D eigenvalue weighted by molar-refractivity contribution is 6.33. The third-order valence-corrected chi connectivity index (χ3v) is 5.50. The maximum Gasteiger partial charge on any atom is 0.164 e. The van der Waals surface area contributed by atoms with Gasteiger partial charge in [-0.3, -0.25) is 0 Å². The summed E-state index contributed by atoms with van der Waals surface area (Å²) in [5, 5.41) is 32.4. The summed E-state index contributed by atoms with van der Waals surface area (Å²) in [4.78, 5) is 12.2. The number of ether oxygens (including phenoxy) is 1. The predicted octanol–water partition coefficient (Wildman–Crippen LogP) is -0.259. The van der Waals surface area contributed by atoms with Crippen LogP contribution in [0.5, 0.6) is 0 Å². The van der Waals surface area contributed by atoms with Crippen molar-refractivity contribution in [3.63, 3.8) is 0 Å². The molecule has 2 aromatic rings. The number of aliphatic hydroxyl groups is 3. The summed E-state index contributed by atoms with van der Waals surface area (Å²) < 4.78 is 7.19. The van der Waals surface area contributed by atoms with Gasteiger partial charge in [0.1, 0.15) is 29.7 Å². The SMILES string of the molecule is C[C@]1(O)[C@@H]2OCC[C@@](O)(C2O)[C@@H]1Cn1cnc2c(Cl)ncnc21. The van der Waals surface area contributed by atoms with Crippen LogP contribution in [0.25, 0.3) is 11.2 Å². The van der Waals surface area contributed by atoms with E-state index in [1.54, 1.807) is 17.8 Å². The standard InChI is InChI=1S/C14H17ClN4O4/c1-13(21)7(14(22)2-3-23-10(13)9(14)20)4-19-6-18-8-11(15)16-5-17-12(8)19/h5-7,9-10,20-22H,2-4H2,1H3/t7-,9?,10-,13-,14+/m1/s1. The van der Waals surface area contributed by atoms with Crippen LogP contribution < -0.4 is 0 Å². The fourth-order valence-electron chi connectivity index (χ4n) is 3.95. The highest BCUT2D eigenvalue weighted by Gasteiger charge is 2.67. The van der Waals surface area contributed by atoms with E-state index in [2.05, 4.69) is 15.0 Å². The molecule has 0 aromatic carbocycles. The second-order valence-corrected chi connectivity index (χ2v) is 6.85. The van der Waals surface area contributed by atoms with Crippen LogP contribution in [0, 0.1) is 5.92 Å². The van der Waals surface area contributed by atoms with Gasteiger partial charge in [0.15, 0.2) is 10.8 Å². The van der Waals surface area contributed by atoms with Crippen molar-refractivity contribution in [1.82, 2.24) is 19.5 Å². The highest BCUT2D eigenvalue weighted by Crippen LogP contribution is 2.50. The van der Waals surface area contributed by atoms with Crippen LogP contribution in [-0.2, 0) is 11.3 Å². The molecule has 1 unspecified atom stereocenters. The number of aromatic nitrogens is 4. The Bertz CT molecular complexity index is 766. The van der Waals surface area contributed by atoms with Gasteiger partial charge < -0.3 is 24.6 Å². The fraction of sp³-hybridized carbons (Fsp3) is 0.643. The summed E-state index contributed by atoms with van der Waals surface area (Å²) in [6.07, 6.45) is 1.18. The summed E-state index contributed by atoms with van der Waals surface area (Å²) in [5.41, 5.74) is -1.82. The zero-order valence-corrected chi connectivity index (χ0v) is 13.2. The van der Waals surface area contributed by atoms with Crippen LogP contribution >= 0.6 is 11.6 Å². The number of aliphatic hydroxyl groups excluding tert-OH is 1. The molecule has 3 heterocycles. The van der Waals surface area contributed by atoms with Crippen molar-refractivity contribution >= 4 is 22.8 Å². The van der Waals surface area contributed by atoms with E-state index in [4.69, 9.17) is 16.3 Å². The van der Waals surface area contributed by atoms with Crippen LogP contribution in [0.4, 0.5) is 0 Å². The van der Waals surface area contributed by atoms with Crippen molar-refractivity contribution in [3.05, 3.63) is 17.8 Å². The van der Waals surface area contributed by atoms with E-state index in [0.29, 0.717) is 17.8 Å². The number of hydrogen-bond acceptors (Lipinski definition) is 7. The van der Waals surface area contributed by atoms with Gasteiger partial charge in [-0.2, -0.15) is 0 Å². The molecule has 1 saturated heterocycles. The molecule has 2 bridgehead atoms. The molecule has 0 amide bonds.